The maximum absolute atomic E-state index is 12.7. The molecule has 0 heterocycles. The van der Waals surface area contributed by atoms with Crippen LogP contribution >= 0.6 is 8.58 Å². The maximum Gasteiger partial charge on any atom is 0.223 e. The summed E-state index contributed by atoms with van der Waals surface area (Å²) in [5, 5.41) is 8.83. The summed E-state index contributed by atoms with van der Waals surface area (Å²) in [5.41, 5.74) is 0.127. The number of nitrogens with zero attached hydrogens (tertiary/aromatic N) is 2. The molecule has 0 aromatic heterocycles. The van der Waals surface area contributed by atoms with Gasteiger partial charge in [0.1, 0.15) is 6.29 Å². The van der Waals surface area contributed by atoms with Crippen molar-refractivity contribution in [2.45, 2.75) is 182 Å². The van der Waals surface area contributed by atoms with Crippen LogP contribution in [0.3, 0.4) is 0 Å². The molecular formula is C38H75N2O4P. The molecule has 7 heteroatoms. The van der Waals surface area contributed by atoms with E-state index >= 15 is 0 Å². The summed E-state index contributed by atoms with van der Waals surface area (Å²) in [4.78, 5) is 40.0. The highest BCUT2D eigenvalue weighted by Gasteiger charge is 2.29. The molecule has 45 heavy (non-hydrogen) atoms. The lowest BCUT2D eigenvalue weighted by molar-refractivity contribution is -0.137. The van der Waals surface area contributed by atoms with E-state index in [4.69, 9.17) is 5.11 Å². The third-order valence-electron chi connectivity index (χ3n) is 8.56. The first-order valence-corrected chi connectivity index (χ1v) is 20.5. The predicted molar refractivity (Wildman–Crippen MR) is 196 cm³/mol. The Hall–Kier alpha value is -1.00. The number of aliphatic hydroxyl groups excluding tert-OH is 1. The summed E-state index contributed by atoms with van der Waals surface area (Å²) in [7, 11) is 1.08. The lowest BCUT2D eigenvalue weighted by atomic mass is 9.89. The molecule has 6 nitrogen and oxygen atoms in total. The van der Waals surface area contributed by atoms with E-state index in [1.807, 2.05) is 0 Å². The molecule has 2 aliphatic rings. The smallest absolute Gasteiger partial charge is 0.223 e. The van der Waals surface area contributed by atoms with Crippen molar-refractivity contribution in [2.24, 2.45) is 10.8 Å². The molecule has 0 atom stereocenters. The Kier molecular flexibility index (Phi) is 25.4. The second-order valence-electron chi connectivity index (χ2n) is 15.9. The first kappa shape index (κ1) is 44.0. The molecule has 2 rings (SSSR count). The van der Waals surface area contributed by atoms with Crippen molar-refractivity contribution in [2.75, 3.05) is 33.0 Å². The van der Waals surface area contributed by atoms with Crippen LogP contribution < -0.4 is 0 Å². The van der Waals surface area contributed by atoms with Gasteiger partial charge in [-0.3, -0.25) is 9.59 Å². The molecular weight excluding hydrogens is 579 g/mol. The van der Waals surface area contributed by atoms with Crippen LogP contribution in [0.4, 0.5) is 0 Å². The average molecular weight is 655 g/mol. The van der Waals surface area contributed by atoms with Crippen molar-refractivity contribution in [1.82, 2.24) is 9.80 Å². The highest BCUT2D eigenvalue weighted by atomic mass is 31.1. The van der Waals surface area contributed by atoms with Gasteiger partial charge in [-0.25, -0.2) is 0 Å². The summed E-state index contributed by atoms with van der Waals surface area (Å²) in [6.07, 6.45) is 22.5. The van der Waals surface area contributed by atoms with Crippen LogP contribution in [-0.2, 0) is 14.4 Å². The number of unbranched alkanes of at least 4 members (excludes halogenated alkanes) is 6. The van der Waals surface area contributed by atoms with Crippen LogP contribution in [0.15, 0.2) is 0 Å². The summed E-state index contributed by atoms with van der Waals surface area (Å²) >= 11 is 0. The highest BCUT2D eigenvalue weighted by Crippen LogP contribution is 2.28. The quantitative estimate of drug-likeness (QED) is 0.102. The third-order valence-corrected chi connectivity index (χ3v) is 8.56. The summed E-state index contributed by atoms with van der Waals surface area (Å²) in [6.45, 7) is 19.2. The molecule has 0 saturated heterocycles. The molecule has 0 spiro atoms. The topological polar surface area (TPSA) is 77.9 Å². The van der Waals surface area contributed by atoms with E-state index in [-0.39, 0.29) is 17.4 Å². The van der Waals surface area contributed by atoms with Crippen molar-refractivity contribution < 1.29 is 19.5 Å². The Balaban J connectivity index is 0.000000791. The van der Waals surface area contributed by atoms with Crippen LogP contribution in [0.25, 0.3) is 0 Å². The summed E-state index contributed by atoms with van der Waals surface area (Å²) in [5.74, 6) is 0.668. The van der Waals surface area contributed by atoms with E-state index < -0.39 is 0 Å². The molecule has 0 unspecified atom stereocenters. The van der Waals surface area contributed by atoms with E-state index in [9.17, 15) is 14.4 Å². The van der Waals surface area contributed by atoms with Gasteiger partial charge < -0.3 is 19.7 Å². The first-order valence-electron chi connectivity index (χ1n) is 18.5. The third kappa shape index (κ3) is 23.9. The number of hydrogen-bond donors (Lipinski definition) is 1. The predicted octanol–water partition coefficient (Wildman–Crippen LogP) is 9.40. The number of aldehydes is 1. The van der Waals surface area contributed by atoms with Crippen molar-refractivity contribution in [3.05, 3.63) is 0 Å². The van der Waals surface area contributed by atoms with Crippen LogP contribution in [0.2, 0.25) is 0 Å². The molecule has 2 aliphatic carbocycles. The van der Waals surface area contributed by atoms with Gasteiger partial charge in [0.15, 0.2) is 0 Å². The molecule has 2 fully saturated rings. The van der Waals surface area contributed by atoms with Crippen molar-refractivity contribution >= 4 is 26.7 Å². The van der Waals surface area contributed by atoms with E-state index in [0.29, 0.717) is 43.2 Å². The molecule has 0 radical (unpaired) electrons. The zero-order chi connectivity index (χ0) is 34.1. The van der Waals surface area contributed by atoms with Gasteiger partial charge >= 0.3 is 0 Å². The van der Waals surface area contributed by atoms with Crippen molar-refractivity contribution in [1.29, 1.82) is 0 Å². The minimum atomic E-state index is 0.0571. The number of carbonyl (C=O) groups is 3. The fourth-order valence-corrected chi connectivity index (χ4v) is 6.35. The molecule has 2 amide bonds. The van der Waals surface area contributed by atoms with Gasteiger partial charge in [-0.15, -0.1) is 8.58 Å². The van der Waals surface area contributed by atoms with E-state index in [1.54, 1.807) is 0 Å². The second-order valence-corrected chi connectivity index (χ2v) is 16.9. The van der Waals surface area contributed by atoms with Gasteiger partial charge in [-0.2, -0.15) is 0 Å². The Morgan fingerprint density at radius 1 is 0.644 bits per heavy atom. The van der Waals surface area contributed by atoms with E-state index in [1.165, 1.54) is 64.2 Å². The first-order chi connectivity index (χ1) is 21.3. The fourth-order valence-electron chi connectivity index (χ4n) is 6.35. The number of rotatable bonds is 16. The summed E-state index contributed by atoms with van der Waals surface area (Å²) in [6, 6.07) is 0.936. The van der Waals surface area contributed by atoms with Crippen LogP contribution in [0, 0.1) is 10.8 Å². The lowest BCUT2D eigenvalue weighted by Gasteiger charge is -2.36. The zero-order valence-electron chi connectivity index (χ0n) is 31.1. The van der Waals surface area contributed by atoms with Gasteiger partial charge in [-0.1, -0.05) is 99.3 Å². The Bertz CT molecular complexity index is 750. The molecule has 0 aromatic carbocycles. The van der Waals surface area contributed by atoms with Gasteiger partial charge in [0.25, 0.3) is 0 Å². The van der Waals surface area contributed by atoms with Crippen LogP contribution in [0.5, 0.6) is 0 Å². The van der Waals surface area contributed by atoms with Crippen LogP contribution in [0.1, 0.15) is 170 Å². The SMILES string of the molecule is CC(C)(C)CC(=O)N(CCCCCC=O)C1CCCCC1.CC(C)(C)CC(=O)N(CCCCCCO)C1CCCCC1.CPC. The zero-order valence-corrected chi connectivity index (χ0v) is 32.1. The number of hydrogen-bond acceptors (Lipinski definition) is 4. The fraction of sp³-hybridized carbons (Fsp3) is 0.921. The molecule has 2 saturated carbocycles. The van der Waals surface area contributed by atoms with E-state index in [0.717, 1.165) is 72.9 Å². The minimum absolute atomic E-state index is 0.0571. The van der Waals surface area contributed by atoms with Gasteiger partial charge in [0.05, 0.1) is 0 Å². The number of amides is 2. The Morgan fingerprint density at radius 3 is 1.33 bits per heavy atom. The highest BCUT2D eigenvalue weighted by molar-refractivity contribution is 7.35. The lowest BCUT2D eigenvalue weighted by Crippen LogP contribution is -2.43. The Labute approximate surface area is 281 Å². The van der Waals surface area contributed by atoms with Gasteiger partial charge in [0.2, 0.25) is 11.8 Å². The summed E-state index contributed by atoms with van der Waals surface area (Å²) < 4.78 is 0. The van der Waals surface area contributed by atoms with Crippen molar-refractivity contribution in [3.63, 3.8) is 0 Å². The monoisotopic (exact) mass is 655 g/mol. The maximum atomic E-state index is 12.7. The molecule has 0 aliphatic heterocycles. The van der Waals surface area contributed by atoms with Gasteiger partial charge in [0, 0.05) is 51.0 Å². The average Bonchev–Trinajstić information content (AvgIpc) is 2.96. The Morgan fingerprint density at radius 2 is 1.00 bits per heavy atom. The number of carbonyl (C=O) groups excluding carboxylic acids is 3. The molecule has 0 bridgehead atoms. The molecule has 1 N–H and O–H groups in total. The standard InChI is InChI=1S/C18H35NO2.C18H33NO2.C2H7P/c2*1-18(2,3)15-17(21)19(13-9-4-5-10-14-20)16-11-7-6-8-12-16;1-3-2/h16,20H,4-15H2,1-3H3;14,16H,4-13,15H2,1-3H3;3H,1-2H3. The molecule has 0 aromatic rings. The van der Waals surface area contributed by atoms with Crippen LogP contribution in [-0.4, -0.2) is 78.1 Å². The molecule has 266 valence electrons. The normalized spacial score (nSPS) is 16.1. The second kappa shape index (κ2) is 26.0. The largest absolute Gasteiger partial charge is 0.396 e. The van der Waals surface area contributed by atoms with E-state index in [2.05, 4.69) is 64.7 Å². The van der Waals surface area contributed by atoms with Gasteiger partial charge in [-0.05, 0) is 75.5 Å². The minimum Gasteiger partial charge on any atom is -0.396 e. The van der Waals surface area contributed by atoms with Crippen molar-refractivity contribution in [3.8, 4) is 0 Å². The number of aliphatic hydroxyl groups is 1.